The van der Waals surface area contributed by atoms with Crippen LogP contribution in [0.2, 0.25) is 0 Å². The lowest BCUT2D eigenvalue weighted by molar-refractivity contribution is -0.154. The van der Waals surface area contributed by atoms with Crippen LogP contribution < -0.4 is 5.32 Å². The third-order valence-corrected chi connectivity index (χ3v) is 3.39. The van der Waals surface area contributed by atoms with Crippen LogP contribution >= 0.6 is 12.6 Å². The highest BCUT2D eigenvalue weighted by molar-refractivity contribution is 7.81. The van der Waals surface area contributed by atoms with Crippen molar-refractivity contribution in [1.82, 2.24) is 5.32 Å². The molecule has 8 heteroatoms. The smallest absolute Gasteiger partial charge is 0.336 e. The molecule has 0 rings (SSSR count). The summed E-state index contributed by atoms with van der Waals surface area (Å²) in [5, 5.41) is 19.5. The number of amides is 1. The molecule has 0 radical (unpaired) electrons. The molecule has 20 heavy (non-hydrogen) atoms. The topological polar surface area (TPSA) is 113 Å². The van der Waals surface area contributed by atoms with E-state index in [0.29, 0.717) is 6.42 Å². The van der Waals surface area contributed by atoms with E-state index < -0.39 is 35.2 Å². The molecule has 0 aromatic heterocycles. The van der Waals surface area contributed by atoms with Crippen molar-refractivity contribution in [2.75, 3.05) is 6.61 Å². The number of carbonyl (C=O) groups excluding carboxylic acids is 2. The predicted molar refractivity (Wildman–Crippen MR) is 74.4 cm³/mol. The zero-order valence-electron chi connectivity index (χ0n) is 11.7. The molecule has 0 fully saturated rings. The summed E-state index contributed by atoms with van der Waals surface area (Å²) in [5.74, 6) is -3.28. The van der Waals surface area contributed by atoms with Gasteiger partial charge in [0.25, 0.3) is 0 Å². The van der Waals surface area contributed by atoms with Crippen molar-refractivity contribution in [2.45, 2.75) is 44.6 Å². The number of aliphatic hydroxyl groups excluding tert-OH is 1. The van der Waals surface area contributed by atoms with E-state index in [-0.39, 0.29) is 12.5 Å². The lowest BCUT2D eigenvalue weighted by Gasteiger charge is -2.23. The number of thiol groups is 1. The first-order chi connectivity index (χ1) is 9.26. The number of esters is 1. The fraction of sp³-hybridized carbons (Fsp3) is 0.750. The Kier molecular flexibility index (Phi) is 8.24. The van der Waals surface area contributed by atoms with Gasteiger partial charge >= 0.3 is 11.9 Å². The Morgan fingerprint density at radius 2 is 1.85 bits per heavy atom. The summed E-state index contributed by atoms with van der Waals surface area (Å²) < 4.78 is 4.56. The quantitative estimate of drug-likeness (QED) is 0.366. The maximum atomic E-state index is 11.8. The number of hydrogen-bond donors (Lipinski definition) is 4. The molecule has 0 aliphatic carbocycles. The van der Waals surface area contributed by atoms with E-state index in [4.69, 9.17) is 5.11 Å². The highest BCUT2D eigenvalue weighted by atomic mass is 32.1. The second kappa shape index (κ2) is 8.80. The van der Waals surface area contributed by atoms with Gasteiger partial charge in [-0.15, -0.1) is 0 Å². The van der Waals surface area contributed by atoms with Crippen LogP contribution in [0.25, 0.3) is 0 Å². The fourth-order valence-corrected chi connectivity index (χ4v) is 1.62. The molecule has 0 spiro atoms. The van der Waals surface area contributed by atoms with Crippen LogP contribution in [-0.2, 0) is 19.1 Å². The summed E-state index contributed by atoms with van der Waals surface area (Å²) in [5.41, 5.74) is 0. The molecule has 3 N–H and O–H groups in total. The van der Waals surface area contributed by atoms with E-state index in [2.05, 4.69) is 22.7 Å². The van der Waals surface area contributed by atoms with Gasteiger partial charge in [0.2, 0.25) is 5.91 Å². The van der Waals surface area contributed by atoms with Gasteiger partial charge in [-0.05, 0) is 12.8 Å². The number of rotatable bonds is 8. The fourth-order valence-electron chi connectivity index (χ4n) is 1.42. The van der Waals surface area contributed by atoms with Crippen LogP contribution in [0.1, 0.15) is 27.2 Å². The van der Waals surface area contributed by atoms with E-state index in [1.807, 2.05) is 0 Å². The zero-order chi connectivity index (χ0) is 15.9. The van der Waals surface area contributed by atoms with Crippen LogP contribution in [0.5, 0.6) is 0 Å². The minimum atomic E-state index is -1.75. The zero-order valence-corrected chi connectivity index (χ0v) is 12.6. The highest BCUT2D eigenvalue weighted by Crippen LogP contribution is 2.11. The van der Waals surface area contributed by atoms with E-state index in [9.17, 15) is 19.5 Å². The van der Waals surface area contributed by atoms with E-state index in [1.54, 1.807) is 20.8 Å². The van der Waals surface area contributed by atoms with Gasteiger partial charge in [-0.1, -0.05) is 20.3 Å². The number of carboxylic acid groups (broad SMARTS) is 1. The van der Waals surface area contributed by atoms with E-state index in [1.165, 1.54) is 0 Å². The normalized spacial score (nSPS) is 16.6. The van der Waals surface area contributed by atoms with Gasteiger partial charge in [0, 0.05) is 0 Å². The Balaban J connectivity index is 4.72. The Morgan fingerprint density at radius 1 is 1.30 bits per heavy atom. The summed E-state index contributed by atoms with van der Waals surface area (Å²) >= 11 is 3.84. The van der Waals surface area contributed by atoms with Crippen LogP contribution in [0.15, 0.2) is 0 Å². The van der Waals surface area contributed by atoms with Gasteiger partial charge in [-0.25, -0.2) is 9.59 Å². The molecule has 1 amide bonds. The third-order valence-electron chi connectivity index (χ3n) is 2.87. The number of ether oxygens (including phenoxy) is 1. The Morgan fingerprint density at radius 3 is 2.25 bits per heavy atom. The summed E-state index contributed by atoms with van der Waals surface area (Å²) in [6.07, 6.45) is -1.20. The second-order valence-electron chi connectivity index (χ2n) is 4.35. The lowest BCUT2D eigenvalue weighted by Crippen LogP contribution is -2.51. The van der Waals surface area contributed by atoms with Crippen molar-refractivity contribution < 1.29 is 29.3 Å². The molecule has 0 saturated heterocycles. The Bertz CT molecular complexity index is 362. The molecule has 0 aromatic carbocycles. The SMILES string of the molecule is CCOC(=O)[C@@H](O)[C@@H](S)C(=O)N[C@H](C(=O)O)[C@@H](C)CC. The first kappa shape index (κ1) is 18.7. The average Bonchev–Trinajstić information content (AvgIpc) is 2.41. The van der Waals surface area contributed by atoms with Gasteiger partial charge < -0.3 is 20.3 Å². The molecule has 0 aromatic rings. The van der Waals surface area contributed by atoms with E-state index in [0.717, 1.165) is 0 Å². The summed E-state index contributed by atoms with van der Waals surface area (Å²) in [6, 6.07) is -1.10. The maximum absolute atomic E-state index is 11.8. The van der Waals surface area contributed by atoms with Gasteiger partial charge in [0.15, 0.2) is 6.10 Å². The molecule has 0 unspecified atom stereocenters. The Labute approximate surface area is 123 Å². The van der Waals surface area contributed by atoms with Crippen LogP contribution in [0, 0.1) is 5.92 Å². The standard InChI is InChI=1S/C12H21NO6S/c1-4-6(3)7(11(16)17)13-10(15)9(20)8(14)12(18)19-5-2/h6-9,14,20H,4-5H2,1-3H3,(H,13,15)(H,16,17)/t6-,7-,8-,9+/m0/s1. The summed E-state index contributed by atoms with van der Waals surface area (Å²) in [7, 11) is 0. The minimum Gasteiger partial charge on any atom is -0.480 e. The predicted octanol–water partition coefficient (Wildman–Crippen LogP) is -0.176. The summed E-state index contributed by atoms with van der Waals surface area (Å²) in [4.78, 5) is 34.2. The minimum absolute atomic E-state index is 0.0582. The number of aliphatic hydroxyl groups is 1. The number of carbonyl (C=O) groups is 3. The molecule has 0 heterocycles. The number of aliphatic carboxylic acids is 1. The largest absolute Gasteiger partial charge is 0.480 e. The first-order valence-corrected chi connectivity index (χ1v) is 6.83. The van der Waals surface area contributed by atoms with Crippen molar-refractivity contribution in [1.29, 1.82) is 0 Å². The van der Waals surface area contributed by atoms with Crippen molar-refractivity contribution in [3.63, 3.8) is 0 Å². The van der Waals surface area contributed by atoms with Gasteiger partial charge in [-0.2, -0.15) is 12.6 Å². The number of carboxylic acids is 1. The maximum Gasteiger partial charge on any atom is 0.336 e. The molecular formula is C12H21NO6S. The molecule has 4 atom stereocenters. The highest BCUT2D eigenvalue weighted by Gasteiger charge is 2.34. The van der Waals surface area contributed by atoms with Crippen LogP contribution in [-0.4, -0.2) is 52.1 Å². The van der Waals surface area contributed by atoms with Crippen LogP contribution in [0.4, 0.5) is 0 Å². The second-order valence-corrected chi connectivity index (χ2v) is 4.91. The molecular weight excluding hydrogens is 286 g/mol. The molecule has 0 saturated carbocycles. The number of nitrogens with one attached hydrogen (secondary N) is 1. The van der Waals surface area contributed by atoms with Crippen molar-refractivity contribution in [3.05, 3.63) is 0 Å². The van der Waals surface area contributed by atoms with Crippen LogP contribution in [0.3, 0.4) is 0 Å². The molecule has 7 nitrogen and oxygen atoms in total. The van der Waals surface area contributed by atoms with Gasteiger partial charge in [0.05, 0.1) is 6.61 Å². The lowest BCUT2D eigenvalue weighted by atomic mass is 9.99. The molecule has 0 aliphatic heterocycles. The first-order valence-electron chi connectivity index (χ1n) is 6.32. The van der Waals surface area contributed by atoms with E-state index >= 15 is 0 Å². The van der Waals surface area contributed by atoms with Gasteiger partial charge in [0.1, 0.15) is 11.3 Å². The average molecular weight is 307 g/mol. The monoisotopic (exact) mass is 307 g/mol. The third kappa shape index (κ3) is 5.38. The Hall–Kier alpha value is -1.28. The number of hydrogen-bond acceptors (Lipinski definition) is 6. The molecule has 116 valence electrons. The van der Waals surface area contributed by atoms with Crippen molar-refractivity contribution in [3.8, 4) is 0 Å². The van der Waals surface area contributed by atoms with Gasteiger partial charge in [-0.3, -0.25) is 4.79 Å². The molecule has 0 bridgehead atoms. The van der Waals surface area contributed by atoms with Crippen molar-refractivity contribution >= 4 is 30.5 Å². The summed E-state index contributed by atoms with van der Waals surface area (Å²) in [6.45, 7) is 5.08. The molecule has 0 aliphatic rings. The van der Waals surface area contributed by atoms with Crippen molar-refractivity contribution in [2.24, 2.45) is 5.92 Å².